The molecule has 29 heavy (non-hydrogen) atoms. The fourth-order valence-electron chi connectivity index (χ4n) is 2.86. The van der Waals surface area contributed by atoms with E-state index in [9.17, 15) is 4.79 Å². The Balaban J connectivity index is 1.34. The highest BCUT2D eigenvalue weighted by Gasteiger charge is 2.08. The number of anilines is 1. The van der Waals surface area contributed by atoms with Crippen LogP contribution < -0.4 is 14.8 Å². The second-order valence-corrected chi connectivity index (χ2v) is 6.33. The molecule has 1 N–H and O–H groups in total. The van der Waals surface area contributed by atoms with Gasteiger partial charge in [-0.1, -0.05) is 66.7 Å². The van der Waals surface area contributed by atoms with E-state index >= 15 is 0 Å². The summed E-state index contributed by atoms with van der Waals surface area (Å²) in [6.45, 7) is 0.258. The Labute approximate surface area is 168 Å². The molecule has 0 saturated carbocycles. The highest BCUT2D eigenvalue weighted by Crippen LogP contribution is 2.25. The molecule has 4 aromatic rings. The molecule has 0 spiro atoms. The number of nitrogens with one attached hydrogen (secondary N) is 1. The van der Waals surface area contributed by atoms with E-state index in [0.29, 0.717) is 24.1 Å². The van der Waals surface area contributed by atoms with Crippen molar-refractivity contribution in [2.24, 2.45) is 0 Å². The molecule has 0 saturated heterocycles. The molecule has 0 fully saturated rings. The molecule has 0 unspecified atom stereocenters. The van der Waals surface area contributed by atoms with E-state index in [1.54, 1.807) is 6.07 Å². The quantitative estimate of drug-likeness (QED) is 0.515. The van der Waals surface area contributed by atoms with E-state index in [0.717, 1.165) is 16.3 Å². The summed E-state index contributed by atoms with van der Waals surface area (Å²) < 4.78 is 11.4. The third-order valence-corrected chi connectivity index (χ3v) is 4.25. The molecule has 6 heteroatoms. The average Bonchev–Trinajstić information content (AvgIpc) is 2.77. The molecule has 1 aromatic heterocycles. The monoisotopic (exact) mass is 385 g/mol. The molecule has 144 valence electrons. The Kier molecular flexibility index (Phi) is 5.62. The second kappa shape index (κ2) is 8.84. The van der Waals surface area contributed by atoms with Gasteiger partial charge < -0.3 is 14.8 Å². The standard InChI is InChI=1S/C23H19N3O3/c27-22(15-28-20-12-6-10-18-9-4-5-11-19(18)20)26-21-13-23(25-16-24-21)29-14-17-7-2-1-3-8-17/h1-13,16H,14-15H2,(H,24,25,26,27). The Bertz CT molecular complexity index is 1110. The van der Waals surface area contributed by atoms with Gasteiger partial charge in [-0.2, -0.15) is 0 Å². The summed E-state index contributed by atoms with van der Waals surface area (Å²) in [4.78, 5) is 20.4. The molecule has 0 radical (unpaired) electrons. The normalized spacial score (nSPS) is 10.5. The van der Waals surface area contributed by atoms with E-state index < -0.39 is 0 Å². The molecule has 4 rings (SSSR count). The van der Waals surface area contributed by atoms with Gasteiger partial charge in [-0.3, -0.25) is 4.79 Å². The molecular formula is C23H19N3O3. The first-order valence-corrected chi connectivity index (χ1v) is 9.17. The van der Waals surface area contributed by atoms with Gasteiger partial charge in [0.15, 0.2) is 6.61 Å². The highest BCUT2D eigenvalue weighted by atomic mass is 16.5. The lowest BCUT2D eigenvalue weighted by Crippen LogP contribution is -2.21. The summed E-state index contributed by atoms with van der Waals surface area (Å²) in [5.74, 6) is 1.09. The predicted octanol–water partition coefficient (Wildman–Crippen LogP) is 4.23. The fraction of sp³-hybridized carbons (Fsp3) is 0.0870. The number of carbonyl (C=O) groups excluding carboxylic acids is 1. The van der Waals surface area contributed by atoms with Crippen molar-refractivity contribution in [3.8, 4) is 11.6 Å². The molecule has 3 aromatic carbocycles. The fourth-order valence-corrected chi connectivity index (χ4v) is 2.86. The van der Waals surface area contributed by atoms with Crippen LogP contribution in [0.25, 0.3) is 10.8 Å². The zero-order valence-corrected chi connectivity index (χ0v) is 15.6. The van der Waals surface area contributed by atoms with Gasteiger partial charge in [0.2, 0.25) is 5.88 Å². The van der Waals surface area contributed by atoms with Gasteiger partial charge in [-0.05, 0) is 17.0 Å². The summed E-state index contributed by atoms with van der Waals surface area (Å²) in [5, 5.41) is 4.72. The van der Waals surface area contributed by atoms with Crippen LogP contribution in [0.1, 0.15) is 5.56 Å². The zero-order valence-electron chi connectivity index (χ0n) is 15.6. The number of hydrogen-bond donors (Lipinski definition) is 1. The van der Waals surface area contributed by atoms with Crippen LogP contribution >= 0.6 is 0 Å². The Morgan fingerprint density at radius 3 is 2.55 bits per heavy atom. The minimum atomic E-state index is -0.314. The van der Waals surface area contributed by atoms with Gasteiger partial charge in [-0.25, -0.2) is 9.97 Å². The molecule has 6 nitrogen and oxygen atoms in total. The summed E-state index contributed by atoms with van der Waals surface area (Å²) >= 11 is 0. The van der Waals surface area contributed by atoms with Gasteiger partial charge in [-0.15, -0.1) is 0 Å². The van der Waals surface area contributed by atoms with Crippen LogP contribution in [-0.4, -0.2) is 22.5 Å². The first kappa shape index (κ1) is 18.4. The van der Waals surface area contributed by atoms with Crippen LogP contribution in [0.2, 0.25) is 0 Å². The maximum Gasteiger partial charge on any atom is 0.263 e. The maximum absolute atomic E-state index is 12.3. The topological polar surface area (TPSA) is 73.3 Å². The average molecular weight is 385 g/mol. The number of hydrogen-bond acceptors (Lipinski definition) is 5. The van der Waals surface area contributed by atoms with Gasteiger partial charge >= 0.3 is 0 Å². The second-order valence-electron chi connectivity index (χ2n) is 6.33. The van der Waals surface area contributed by atoms with Crippen LogP contribution in [-0.2, 0) is 11.4 Å². The Hall–Kier alpha value is -3.93. The van der Waals surface area contributed by atoms with Crippen LogP contribution in [0.5, 0.6) is 11.6 Å². The van der Waals surface area contributed by atoms with Crippen molar-refractivity contribution < 1.29 is 14.3 Å². The van der Waals surface area contributed by atoms with Crippen LogP contribution in [0.4, 0.5) is 5.82 Å². The third-order valence-electron chi connectivity index (χ3n) is 4.25. The number of benzene rings is 3. The number of rotatable bonds is 7. The van der Waals surface area contributed by atoms with E-state index in [-0.39, 0.29) is 12.5 Å². The van der Waals surface area contributed by atoms with Gasteiger partial charge in [0, 0.05) is 11.5 Å². The van der Waals surface area contributed by atoms with Crippen molar-refractivity contribution in [1.82, 2.24) is 9.97 Å². The van der Waals surface area contributed by atoms with E-state index in [1.807, 2.05) is 72.8 Å². The lowest BCUT2D eigenvalue weighted by molar-refractivity contribution is -0.118. The van der Waals surface area contributed by atoms with E-state index in [4.69, 9.17) is 9.47 Å². The van der Waals surface area contributed by atoms with Crippen molar-refractivity contribution in [1.29, 1.82) is 0 Å². The molecule has 0 atom stereocenters. The van der Waals surface area contributed by atoms with E-state index in [2.05, 4.69) is 15.3 Å². The van der Waals surface area contributed by atoms with Crippen molar-refractivity contribution in [3.05, 3.63) is 90.8 Å². The molecular weight excluding hydrogens is 366 g/mol. The minimum absolute atomic E-state index is 0.127. The SMILES string of the molecule is O=C(COc1cccc2ccccc12)Nc1cc(OCc2ccccc2)ncn1. The molecule has 0 bridgehead atoms. The third kappa shape index (κ3) is 4.87. The van der Waals surface area contributed by atoms with Crippen molar-refractivity contribution in [3.63, 3.8) is 0 Å². The summed E-state index contributed by atoms with van der Waals surface area (Å²) in [6.07, 6.45) is 1.35. The van der Waals surface area contributed by atoms with Crippen molar-refractivity contribution in [2.45, 2.75) is 6.61 Å². The molecule has 0 aliphatic heterocycles. The van der Waals surface area contributed by atoms with Crippen LogP contribution in [0.3, 0.4) is 0 Å². The number of fused-ring (bicyclic) bond motifs is 1. The number of aromatic nitrogens is 2. The molecule has 1 heterocycles. The number of carbonyl (C=O) groups is 1. The van der Waals surface area contributed by atoms with Crippen LogP contribution in [0, 0.1) is 0 Å². The van der Waals surface area contributed by atoms with Gasteiger partial charge in [0.25, 0.3) is 5.91 Å². The number of ether oxygens (including phenoxy) is 2. The van der Waals surface area contributed by atoms with Crippen molar-refractivity contribution >= 4 is 22.5 Å². The summed E-state index contributed by atoms with van der Waals surface area (Å²) in [6, 6.07) is 25.0. The van der Waals surface area contributed by atoms with E-state index in [1.165, 1.54) is 6.33 Å². The van der Waals surface area contributed by atoms with Gasteiger partial charge in [0.05, 0.1) is 0 Å². The van der Waals surface area contributed by atoms with Gasteiger partial charge in [0.1, 0.15) is 24.5 Å². The minimum Gasteiger partial charge on any atom is -0.483 e. The lowest BCUT2D eigenvalue weighted by atomic mass is 10.1. The lowest BCUT2D eigenvalue weighted by Gasteiger charge is -2.10. The highest BCUT2D eigenvalue weighted by molar-refractivity contribution is 5.92. The molecule has 0 aliphatic carbocycles. The smallest absolute Gasteiger partial charge is 0.263 e. The molecule has 0 aliphatic rings. The van der Waals surface area contributed by atoms with Crippen LogP contribution in [0.15, 0.2) is 85.2 Å². The first-order valence-electron chi connectivity index (χ1n) is 9.17. The molecule has 1 amide bonds. The summed E-state index contributed by atoms with van der Waals surface area (Å²) in [7, 11) is 0. The van der Waals surface area contributed by atoms with Crippen molar-refractivity contribution in [2.75, 3.05) is 11.9 Å². The largest absolute Gasteiger partial charge is 0.483 e. The maximum atomic E-state index is 12.3. The Morgan fingerprint density at radius 1 is 0.862 bits per heavy atom. The zero-order chi connectivity index (χ0) is 19.9. The Morgan fingerprint density at radius 2 is 1.66 bits per heavy atom. The first-order chi connectivity index (χ1) is 14.3. The number of amides is 1. The predicted molar refractivity (Wildman–Crippen MR) is 111 cm³/mol. The summed E-state index contributed by atoms with van der Waals surface area (Å²) in [5.41, 5.74) is 1.03. The number of nitrogens with zero attached hydrogens (tertiary/aromatic N) is 2.